The first-order valence-corrected chi connectivity index (χ1v) is 4.59. The highest BCUT2D eigenvalue weighted by atomic mass is 79.9. The van der Waals surface area contributed by atoms with E-state index in [9.17, 15) is 0 Å². The van der Waals surface area contributed by atoms with Crippen LogP contribution >= 0.6 is 28.3 Å². The van der Waals surface area contributed by atoms with E-state index < -0.39 is 0 Å². The molecule has 0 aromatic heterocycles. The fraction of sp³-hybridized carbons (Fsp3) is 0.333. The molecule has 0 aliphatic rings. The van der Waals surface area contributed by atoms with Gasteiger partial charge in [-0.1, -0.05) is 6.07 Å². The molecule has 74 valence electrons. The van der Waals surface area contributed by atoms with E-state index in [4.69, 9.17) is 10.5 Å². The minimum absolute atomic E-state index is 0. The lowest BCUT2D eigenvalue weighted by molar-refractivity contribution is 0.412. The molecule has 0 spiro atoms. The number of hydrogen-bond acceptors (Lipinski definition) is 2. The van der Waals surface area contributed by atoms with Crippen molar-refractivity contribution < 1.29 is 4.74 Å². The summed E-state index contributed by atoms with van der Waals surface area (Å²) in [6.45, 7) is 0.679. The Morgan fingerprint density at radius 3 is 2.62 bits per heavy atom. The maximum Gasteiger partial charge on any atom is 0.133 e. The molecule has 0 bridgehead atoms. The molecule has 0 aliphatic carbocycles. The van der Waals surface area contributed by atoms with Gasteiger partial charge in [0.25, 0.3) is 0 Å². The Morgan fingerprint density at radius 2 is 2.15 bits per heavy atom. The zero-order chi connectivity index (χ0) is 8.97. The lowest BCUT2D eigenvalue weighted by Crippen LogP contribution is -2.02. The molecule has 0 saturated carbocycles. The van der Waals surface area contributed by atoms with E-state index in [1.165, 1.54) is 5.56 Å². The standard InChI is InChI=1S/C9H12BrNO.ClH/c1-12-9-3-2-7(4-5-11)6-8(9)10;/h2-3,6H,4-5,11H2,1H3;1H. The van der Waals surface area contributed by atoms with Crippen molar-refractivity contribution in [3.8, 4) is 5.75 Å². The van der Waals surface area contributed by atoms with Crippen LogP contribution in [0, 0.1) is 0 Å². The van der Waals surface area contributed by atoms with E-state index in [1.807, 2.05) is 18.2 Å². The highest BCUT2D eigenvalue weighted by molar-refractivity contribution is 9.10. The second-order valence-electron chi connectivity index (χ2n) is 2.51. The van der Waals surface area contributed by atoms with Crippen molar-refractivity contribution in [3.63, 3.8) is 0 Å². The van der Waals surface area contributed by atoms with E-state index >= 15 is 0 Å². The molecule has 0 saturated heterocycles. The number of nitrogens with two attached hydrogens (primary N) is 1. The third-order valence-corrected chi connectivity index (χ3v) is 2.27. The molecule has 1 aromatic carbocycles. The predicted octanol–water partition coefficient (Wildman–Crippen LogP) is 2.38. The van der Waals surface area contributed by atoms with Gasteiger partial charge in [-0.3, -0.25) is 0 Å². The lowest BCUT2D eigenvalue weighted by Gasteiger charge is -2.04. The van der Waals surface area contributed by atoms with Crippen molar-refractivity contribution >= 4 is 28.3 Å². The van der Waals surface area contributed by atoms with Crippen molar-refractivity contribution in [2.75, 3.05) is 13.7 Å². The third kappa shape index (κ3) is 3.55. The first kappa shape index (κ1) is 12.8. The maximum absolute atomic E-state index is 5.43. The maximum atomic E-state index is 5.43. The minimum atomic E-state index is 0. The molecule has 2 N–H and O–H groups in total. The molecule has 0 amide bonds. The summed E-state index contributed by atoms with van der Waals surface area (Å²) in [5.74, 6) is 0.857. The first-order valence-electron chi connectivity index (χ1n) is 3.80. The topological polar surface area (TPSA) is 35.2 Å². The molecular weight excluding hydrogens is 253 g/mol. The molecule has 0 radical (unpaired) electrons. The number of halogens is 2. The summed E-state index contributed by atoms with van der Waals surface area (Å²) in [5.41, 5.74) is 6.66. The molecule has 2 nitrogen and oxygen atoms in total. The zero-order valence-electron chi connectivity index (χ0n) is 7.42. The molecule has 0 atom stereocenters. The quantitative estimate of drug-likeness (QED) is 0.912. The molecule has 0 aliphatic heterocycles. The largest absolute Gasteiger partial charge is 0.496 e. The fourth-order valence-corrected chi connectivity index (χ4v) is 1.62. The van der Waals surface area contributed by atoms with E-state index in [-0.39, 0.29) is 12.4 Å². The predicted molar refractivity (Wildman–Crippen MR) is 60.7 cm³/mol. The van der Waals surface area contributed by atoms with Gasteiger partial charge < -0.3 is 10.5 Å². The van der Waals surface area contributed by atoms with Crippen molar-refractivity contribution in [1.82, 2.24) is 0 Å². The average Bonchev–Trinajstić information content (AvgIpc) is 2.05. The van der Waals surface area contributed by atoms with Crippen LogP contribution in [-0.4, -0.2) is 13.7 Å². The van der Waals surface area contributed by atoms with Gasteiger partial charge in [0.2, 0.25) is 0 Å². The van der Waals surface area contributed by atoms with Crippen LogP contribution in [-0.2, 0) is 6.42 Å². The van der Waals surface area contributed by atoms with Crippen LogP contribution in [0.3, 0.4) is 0 Å². The second kappa shape index (κ2) is 6.24. The summed E-state index contributed by atoms with van der Waals surface area (Å²) in [6.07, 6.45) is 0.905. The number of hydrogen-bond donors (Lipinski definition) is 1. The van der Waals surface area contributed by atoms with Crippen molar-refractivity contribution in [1.29, 1.82) is 0 Å². The van der Waals surface area contributed by atoms with Crippen LogP contribution in [0.4, 0.5) is 0 Å². The molecule has 0 unspecified atom stereocenters. The van der Waals surface area contributed by atoms with Crippen LogP contribution < -0.4 is 10.5 Å². The molecule has 0 fully saturated rings. The summed E-state index contributed by atoms with van der Waals surface area (Å²) >= 11 is 3.41. The Labute approximate surface area is 93.0 Å². The number of ether oxygens (including phenoxy) is 1. The van der Waals surface area contributed by atoms with Crippen LogP contribution in [0.15, 0.2) is 22.7 Å². The zero-order valence-corrected chi connectivity index (χ0v) is 9.82. The smallest absolute Gasteiger partial charge is 0.133 e. The summed E-state index contributed by atoms with van der Waals surface area (Å²) < 4.78 is 6.08. The van der Waals surface area contributed by atoms with E-state index in [0.29, 0.717) is 6.54 Å². The van der Waals surface area contributed by atoms with Crippen LogP contribution in [0.1, 0.15) is 5.56 Å². The van der Waals surface area contributed by atoms with Gasteiger partial charge in [-0.05, 0) is 46.6 Å². The van der Waals surface area contributed by atoms with Gasteiger partial charge in [-0.25, -0.2) is 0 Å². The third-order valence-electron chi connectivity index (χ3n) is 1.65. The molecule has 0 heterocycles. The normalized spacial score (nSPS) is 9.15. The summed E-state index contributed by atoms with van der Waals surface area (Å²) in [6, 6.07) is 6.00. The van der Waals surface area contributed by atoms with Gasteiger partial charge >= 0.3 is 0 Å². The Bertz CT molecular complexity index is 268. The number of methoxy groups -OCH3 is 1. The van der Waals surface area contributed by atoms with Gasteiger partial charge in [0.05, 0.1) is 11.6 Å². The summed E-state index contributed by atoms with van der Waals surface area (Å²) in [7, 11) is 1.66. The molecule has 1 aromatic rings. The van der Waals surface area contributed by atoms with Gasteiger partial charge in [-0.15, -0.1) is 12.4 Å². The van der Waals surface area contributed by atoms with Crippen molar-refractivity contribution in [2.24, 2.45) is 5.73 Å². The lowest BCUT2D eigenvalue weighted by atomic mass is 10.1. The van der Waals surface area contributed by atoms with Gasteiger partial charge in [0, 0.05) is 0 Å². The van der Waals surface area contributed by atoms with Crippen molar-refractivity contribution in [3.05, 3.63) is 28.2 Å². The van der Waals surface area contributed by atoms with E-state index in [1.54, 1.807) is 7.11 Å². The highest BCUT2D eigenvalue weighted by Gasteiger charge is 1.99. The summed E-state index contributed by atoms with van der Waals surface area (Å²) in [5, 5.41) is 0. The van der Waals surface area contributed by atoms with Gasteiger partial charge in [-0.2, -0.15) is 0 Å². The fourth-order valence-electron chi connectivity index (χ4n) is 1.03. The molecule has 4 heteroatoms. The van der Waals surface area contributed by atoms with Gasteiger partial charge in [0.1, 0.15) is 5.75 Å². The highest BCUT2D eigenvalue weighted by Crippen LogP contribution is 2.25. The van der Waals surface area contributed by atoms with Crippen LogP contribution in [0.25, 0.3) is 0 Å². The number of benzene rings is 1. The first-order chi connectivity index (χ1) is 5.77. The number of rotatable bonds is 3. The Kier molecular flexibility index (Phi) is 6.12. The van der Waals surface area contributed by atoms with E-state index in [0.717, 1.165) is 16.6 Å². The Balaban J connectivity index is 0.00000144. The second-order valence-corrected chi connectivity index (χ2v) is 3.36. The molecular formula is C9H13BrClNO. The van der Waals surface area contributed by atoms with Crippen molar-refractivity contribution in [2.45, 2.75) is 6.42 Å². The molecule has 13 heavy (non-hydrogen) atoms. The average molecular weight is 267 g/mol. The van der Waals surface area contributed by atoms with E-state index in [2.05, 4.69) is 15.9 Å². The minimum Gasteiger partial charge on any atom is -0.496 e. The Morgan fingerprint density at radius 1 is 1.46 bits per heavy atom. The monoisotopic (exact) mass is 265 g/mol. The SMILES string of the molecule is COc1ccc(CCN)cc1Br.Cl. The molecule has 1 rings (SSSR count). The van der Waals surface area contributed by atoms with Gasteiger partial charge in [0.15, 0.2) is 0 Å². The van der Waals surface area contributed by atoms with Crippen LogP contribution in [0.2, 0.25) is 0 Å². The summed E-state index contributed by atoms with van der Waals surface area (Å²) in [4.78, 5) is 0. The van der Waals surface area contributed by atoms with Crippen LogP contribution in [0.5, 0.6) is 5.75 Å². The Hall–Kier alpha value is -0.250.